The number of nitrogens with one attached hydrogen (secondary N) is 2. The molecule has 3 N–H and O–H groups in total. The van der Waals surface area contributed by atoms with Crippen LogP contribution in [0, 0.1) is 23.0 Å². The molecular weight excluding hydrogens is 264 g/mol. The van der Waals surface area contributed by atoms with Gasteiger partial charge < -0.3 is 15.7 Å². The number of carbonyl (C=O) groups is 1. The molecule has 0 bridgehead atoms. The number of β-amino-alcohol motifs (C(OH)–C–C–N with tert-alkyl or cyclic N) is 1. The molecule has 2 rings (SSSR count). The van der Waals surface area contributed by atoms with Crippen LogP contribution < -0.4 is 10.6 Å². The van der Waals surface area contributed by atoms with Gasteiger partial charge in [-0.3, -0.25) is 19.9 Å². The van der Waals surface area contributed by atoms with E-state index in [9.17, 15) is 20.0 Å². The van der Waals surface area contributed by atoms with E-state index in [1.807, 2.05) is 0 Å². The van der Waals surface area contributed by atoms with E-state index in [4.69, 9.17) is 0 Å². The van der Waals surface area contributed by atoms with E-state index in [0.717, 1.165) is 6.20 Å². The number of nitrogens with zero attached hydrogens (tertiary/aromatic N) is 2. The predicted molar refractivity (Wildman–Crippen MR) is 70.3 cm³/mol. The second-order valence-electron chi connectivity index (χ2n) is 4.78. The Bertz CT molecular complexity index is 534. The molecule has 1 amide bonds. The molecule has 8 nitrogen and oxygen atoms in total. The summed E-state index contributed by atoms with van der Waals surface area (Å²) in [5.41, 5.74) is 0.390. The summed E-state index contributed by atoms with van der Waals surface area (Å²) in [7, 11) is 0. The third-order valence-electron chi connectivity index (χ3n) is 3.36. The minimum Gasteiger partial charge on any atom is -0.391 e. The lowest BCUT2D eigenvalue weighted by Gasteiger charge is -2.14. The van der Waals surface area contributed by atoms with Gasteiger partial charge in [-0.2, -0.15) is 0 Å². The van der Waals surface area contributed by atoms with Gasteiger partial charge in [-0.1, -0.05) is 0 Å². The molecule has 8 heteroatoms. The summed E-state index contributed by atoms with van der Waals surface area (Å²) in [6.45, 7) is 3.07. The number of carbonyl (C=O) groups excluding carboxylic acids is 1. The largest absolute Gasteiger partial charge is 0.391 e. The number of aryl methyl sites for hydroxylation is 1. The van der Waals surface area contributed by atoms with Gasteiger partial charge in [0.15, 0.2) is 0 Å². The van der Waals surface area contributed by atoms with E-state index >= 15 is 0 Å². The van der Waals surface area contributed by atoms with Crippen LogP contribution in [0.4, 0.5) is 5.69 Å². The van der Waals surface area contributed by atoms with E-state index < -0.39 is 16.9 Å². The van der Waals surface area contributed by atoms with E-state index in [-0.39, 0.29) is 17.2 Å². The van der Waals surface area contributed by atoms with Crippen LogP contribution in [0.2, 0.25) is 0 Å². The van der Waals surface area contributed by atoms with Crippen molar-refractivity contribution in [3.8, 4) is 0 Å². The van der Waals surface area contributed by atoms with Crippen molar-refractivity contribution in [2.45, 2.75) is 13.0 Å². The first kappa shape index (κ1) is 14.4. The van der Waals surface area contributed by atoms with Crippen LogP contribution in [0.5, 0.6) is 0 Å². The highest BCUT2D eigenvalue weighted by Gasteiger charge is 2.25. The highest BCUT2D eigenvalue weighted by molar-refractivity contribution is 5.95. The Hall–Kier alpha value is -2.06. The van der Waals surface area contributed by atoms with Crippen molar-refractivity contribution in [2.75, 3.05) is 19.6 Å². The summed E-state index contributed by atoms with van der Waals surface area (Å²) in [5.74, 6) is -0.469. The minimum absolute atomic E-state index is 0.0501. The van der Waals surface area contributed by atoms with Crippen molar-refractivity contribution in [1.82, 2.24) is 15.6 Å². The molecule has 1 aromatic rings. The van der Waals surface area contributed by atoms with Crippen molar-refractivity contribution in [3.63, 3.8) is 0 Å². The Morgan fingerprint density at radius 2 is 2.40 bits per heavy atom. The average molecular weight is 280 g/mol. The number of hydrogen-bond acceptors (Lipinski definition) is 6. The lowest BCUT2D eigenvalue weighted by Crippen LogP contribution is -2.34. The first-order valence-electron chi connectivity index (χ1n) is 6.27. The lowest BCUT2D eigenvalue weighted by atomic mass is 10.1. The van der Waals surface area contributed by atoms with Gasteiger partial charge in [-0.05, 0) is 6.92 Å². The Morgan fingerprint density at radius 1 is 1.65 bits per heavy atom. The molecule has 0 saturated carbocycles. The Balaban J connectivity index is 2.05. The molecule has 1 aromatic heterocycles. The second-order valence-corrected chi connectivity index (χ2v) is 4.78. The number of nitro groups is 1. The highest BCUT2D eigenvalue weighted by Crippen LogP contribution is 2.15. The number of aliphatic hydroxyl groups excluding tert-OH is 1. The van der Waals surface area contributed by atoms with E-state index in [0.29, 0.717) is 25.3 Å². The molecule has 20 heavy (non-hydrogen) atoms. The minimum atomic E-state index is -0.589. The van der Waals surface area contributed by atoms with Gasteiger partial charge in [0, 0.05) is 31.6 Å². The van der Waals surface area contributed by atoms with Gasteiger partial charge >= 0.3 is 0 Å². The molecule has 1 aliphatic rings. The smallest absolute Gasteiger partial charge is 0.288 e. The molecule has 1 saturated heterocycles. The zero-order valence-electron chi connectivity index (χ0n) is 11.0. The van der Waals surface area contributed by atoms with Crippen LogP contribution in [0.3, 0.4) is 0 Å². The normalized spacial score (nSPS) is 21.7. The summed E-state index contributed by atoms with van der Waals surface area (Å²) in [4.78, 5) is 26.0. The summed E-state index contributed by atoms with van der Waals surface area (Å²) in [6.07, 6.45) is 0.635. The SMILES string of the molecule is Cc1ncc([N+](=O)[O-])cc1C(=O)NCC1CNCC1O. The summed E-state index contributed by atoms with van der Waals surface area (Å²) in [6, 6.07) is 1.21. The molecule has 0 aliphatic carbocycles. The van der Waals surface area contributed by atoms with Crippen LogP contribution in [-0.2, 0) is 0 Å². The van der Waals surface area contributed by atoms with Gasteiger partial charge in [0.05, 0.1) is 22.3 Å². The maximum absolute atomic E-state index is 12.0. The highest BCUT2D eigenvalue weighted by atomic mass is 16.6. The topological polar surface area (TPSA) is 117 Å². The summed E-state index contributed by atoms with van der Waals surface area (Å²) in [5, 5.41) is 26.0. The molecule has 2 atom stereocenters. The van der Waals surface area contributed by atoms with Gasteiger partial charge in [0.25, 0.3) is 11.6 Å². The number of amides is 1. The number of rotatable bonds is 4. The molecule has 0 radical (unpaired) electrons. The molecule has 1 aliphatic heterocycles. The van der Waals surface area contributed by atoms with Crippen molar-refractivity contribution < 1.29 is 14.8 Å². The summed E-state index contributed by atoms with van der Waals surface area (Å²) >= 11 is 0. The lowest BCUT2D eigenvalue weighted by molar-refractivity contribution is -0.385. The number of aromatic nitrogens is 1. The Morgan fingerprint density at radius 3 is 3.00 bits per heavy atom. The standard InChI is InChI=1S/C12H16N4O4/c1-7-10(2-9(5-14-7)16(19)20)12(18)15-4-8-3-13-6-11(8)17/h2,5,8,11,13,17H,3-4,6H2,1H3,(H,15,18). The summed E-state index contributed by atoms with van der Waals surface area (Å²) < 4.78 is 0. The molecule has 2 unspecified atom stereocenters. The van der Waals surface area contributed by atoms with Gasteiger partial charge in [-0.15, -0.1) is 0 Å². The molecule has 108 valence electrons. The fourth-order valence-corrected chi connectivity index (χ4v) is 2.10. The van der Waals surface area contributed by atoms with Gasteiger partial charge in [-0.25, -0.2) is 0 Å². The fourth-order valence-electron chi connectivity index (χ4n) is 2.10. The van der Waals surface area contributed by atoms with Crippen molar-refractivity contribution in [1.29, 1.82) is 0 Å². The monoisotopic (exact) mass is 280 g/mol. The molecular formula is C12H16N4O4. The Kier molecular flexibility index (Phi) is 4.26. The molecule has 0 spiro atoms. The third kappa shape index (κ3) is 3.09. The maximum atomic E-state index is 12.0. The van der Waals surface area contributed by atoms with E-state index in [2.05, 4.69) is 15.6 Å². The zero-order valence-corrected chi connectivity index (χ0v) is 11.0. The average Bonchev–Trinajstić information content (AvgIpc) is 2.81. The Labute approximate surface area is 115 Å². The fraction of sp³-hybridized carbons (Fsp3) is 0.500. The van der Waals surface area contributed by atoms with Crippen LogP contribution in [0.25, 0.3) is 0 Å². The number of hydrogen-bond donors (Lipinski definition) is 3. The molecule has 0 aromatic carbocycles. The predicted octanol–water partition coefficient (Wildman–Crippen LogP) is -0.392. The van der Waals surface area contributed by atoms with Gasteiger partial charge in [0.2, 0.25) is 0 Å². The van der Waals surface area contributed by atoms with Crippen LogP contribution in [-0.4, -0.2) is 46.7 Å². The second kappa shape index (κ2) is 5.93. The third-order valence-corrected chi connectivity index (χ3v) is 3.36. The van der Waals surface area contributed by atoms with Crippen molar-refractivity contribution in [3.05, 3.63) is 33.6 Å². The number of aliphatic hydroxyl groups is 1. The first-order chi connectivity index (χ1) is 9.49. The van der Waals surface area contributed by atoms with Crippen LogP contribution in [0.1, 0.15) is 16.1 Å². The molecule has 2 heterocycles. The van der Waals surface area contributed by atoms with Gasteiger partial charge in [0.1, 0.15) is 6.20 Å². The van der Waals surface area contributed by atoms with E-state index in [1.54, 1.807) is 6.92 Å². The van der Waals surface area contributed by atoms with Crippen LogP contribution >= 0.6 is 0 Å². The van der Waals surface area contributed by atoms with Crippen molar-refractivity contribution in [2.24, 2.45) is 5.92 Å². The first-order valence-corrected chi connectivity index (χ1v) is 6.27. The molecule has 1 fully saturated rings. The maximum Gasteiger partial charge on any atom is 0.288 e. The zero-order chi connectivity index (χ0) is 14.7. The van der Waals surface area contributed by atoms with Crippen molar-refractivity contribution >= 4 is 11.6 Å². The quantitative estimate of drug-likeness (QED) is 0.510. The number of pyridine rings is 1. The van der Waals surface area contributed by atoms with E-state index in [1.165, 1.54) is 6.07 Å². The van der Waals surface area contributed by atoms with Crippen LogP contribution in [0.15, 0.2) is 12.3 Å².